The molecule has 7 heteroatoms. The summed E-state index contributed by atoms with van der Waals surface area (Å²) in [6, 6.07) is 32.1. The van der Waals surface area contributed by atoms with Gasteiger partial charge >= 0.3 is 0 Å². The normalized spacial score (nSPS) is 15.2. The Morgan fingerprint density at radius 2 is 1.62 bits per heavy atom. The van der Waals surface area contributed by atoms with E-state index < -0.39 is 0 Å². The molecule has 1 aliphatic heterocycles. The number of methoxy groups -OCH3 is 1. The van der Waals surface area contributed by atoms with Crippen LogP contribution in [0.15, 0.2) is 107 Å². The van der Waals surface area contributed by atoms with Crippen LogP contribution < -0.4 is 9.75 Å². The van der Waals surface area contributed by atoms with E-state index in [1.54, 1.807) is 7.11 Å². The van der Waals surface area contributed by atoms with Gasteiger partial charge in [0.15, 0.2) is 0 Å². The van der Waals surface area contributed by atoms with Crippen LogP contribution in [-0.4, -0.2) is 22.8 Å². The average Bonchev–Trinajstić information content (AvgIpc) is 3.39. The van der Waals surface area contributed by atoms with Gasteiger partial charge < -0.3 is 4.74 Å². The molecule has 4 aromatic carbocycles. The molecule has 0 spiro atoms. The molecule has 182 valence electrons. The molecular formula is C30H22BrClN4O. The van der Waals surface area contributed by atoms with Crippen molar-refractivity contribution in [3.05, 3.63) is 118 Å². The molecule has 0 fully saturated rings. The Balaban J connectivity index is 1.51. The lowest BCUT2D eigenvalue weighted by atomic mass is 9.98. The summed E-state index contributed by atoms with van der Waals surface area (Å²) in [5.74, 6) is 1.37. The van der Waals surface area contributed by atoms with Gasteiger partial charge in [0.25, 0.3) is 0 Å². The van der Waals surface area contributed by atoms with E-state index in [2.05, 4.69) is 28.1 Å². The second kappa shape index (κ2) is 9.96. The molecule has 0 amide bonds. The third-order valence-electron chi connectivity index (χ3n) is 6.48. The van der Waals surface area contributed by atoms with E-state index in [1.807, 2.05) is 89.9 Å². The number of hydrogen-bond donors (Lipinski definition) is 0. The van der Waals surface area contributed by atoms with Gasteiger partial charge in [0, 0.05) is 26.9 Å². The summed E-state index contributed by atoms with van der Waals surface area (Å²) < 4.78 is 6.36. The van der Waals surface area contributed by atoms with Crippen molar-refractivity contribution in [1.29, 1.82) is 0 Å². The van der Waals surface area contributed by atoms with Gasteiger partial charge in [0.2, 0.25) is 5.95 Å². The molecule has 0 radical (unpaired) electrons. The Morgan fingerprint density at radius 1 is 0.865 bits per heavy atom. The second-order valence-corrected chi connectivity index (χ2v) is 10.1. The predicted molar refractivity (Wildman–Crippen MR) is 153 cm³/mol. The summed E-state index contributed by atoms with van der Waals surface area (Å²) in [5, 5.41) is 8.69. The lowest BCUT2D eigenvalue weighted by molar-refractivity contribution is 0.415. The van der Waals surface area contributed by atoms with Gasteiger partial charge in [-0.05, 0) is 65.7 Å². The zero-order valence-electron chi connectivity index (χ0n) is 20.0. The number of fused-ring (bicyclic) bond motifs is 1. The van der Waals surface area contributed by atoms with Gasteiger partial charge in [-0.3, -0.25) is 0 Å². The van der Waals surface area contributed by atoms with Crippen LogP contribution in [0.3, 0.4) is 0 Å². The van der Waals surface area contributed by atoms with Crippen molar-refractivity contribution in [2.75, 3.05) is 12.1 Å². The summed E-state index contributed by atoms with van der Waals surface area (Å²) in [6.45, 7) is 0. The molecule has 37 heavy (non-hydrogen) atoms. The monoisotopic (exact) mass is 568 g/mol. The summed E-state index contributed by atoms with van der Waals surface area (Å²) >= 11 is 9.80. The first-order valence-corrected chi connectivity index (χ1v) is 13.1. The van der Waals surface area contributed by atoms with Crippen LogP contribution in [0.25, 0.3) is 22.2 Å². The number of para-hydroxylation sites is 1. The predicted octanol–water partition coefficient (Wildman–Crippen LogP) is 8.08. The average molecular weight is 570 g/mol. The van der Waals surface area contributed by atoms with Crippen molar-refractivity contribution < 1.29 is 4.74 Å². The van der Waals surface area contributed by atoms with E-state index in [4.69, 9.17) is 31.4 Å². The Morgan fingerprint density at radius 3 is 2.38 bits per heavy atom. The third kappa shape index (κ3) is 4.70. The number of hydrazone groups is 1. The Hall–Kier alpha value is -3.74. The standard InChI is InChI=1S/C30H22BrClN4O/c1-37-24-15-11-19(12-16-24)27-18-28(21-5-4-6-22(31)17-21)36(35-27)30-33-26-8-3-2-7-25(26)29(34-30)20-9-13-23(32)14-10-20/h2-17,28H,18H2,1H3. The first kappa shape index (κ1) is 23.6. The van der Waals surface area contributed by atoms with Gasteiger partial charge in [0.05, 0.1) is 30.1 Å². The summed E-state index contributed by atoms with van der Waals surface area (Å²) in [5.41, 5.74) is 5.82. The minimum atomic E-state index is -0.0613. The van der Waals surface area contributed by atoms with E-state index in [-0.39, 0.29) is 6.04 Å². The smallest absolute Gasteiger partial charge is 0.247 e. The fraction of sp³-hybridized carbons (Fsp3) is 0.100. The molecular weight excluding hydrogens is 548 g/mol. The van der Waals surface area contributed by atoms with Crippen molar-refractivity contribution >= 4 is 50.1 Å². The second-order valence-electron chi connectivity index (χ2n) is 8.79. The highest BCUT2D eigenvalue weighted by atomic mass is 79.9. The van der Waals surface area contributed by atoms with E-state index >= 15 is 0 Å². The van der Waals surface area contributed by atoms with Crippen LogP contribution in [0.1, 0.15) is 23.6 Å². The number of hydrogen-bond acceptors (Lipinski definition) is 5. The zero-order chi connectivity index (χ0) is 25.4. The molecule has 1 aromatic heterocycles. The molecule has 5 aromatic rings. The molecule has 0 saturated carbocycles. The molecule has 1 unspecified atom stereocenters. The van der Waals surface area contributed by atoms with Gasteiger partial charge in [-0.2, -0.15) is 5.10 Å². The molecule has 0 aliphatic carbocycles. The van der Waals surface area contributed by atoms with Crippen LogP contribution in [0.5, 0.6) is 5.75 Å². The van der Waals surface area contributed by atoms with Crippen molar-refractivity contribution in [3.8, 4) is 17.0 Å². The van der Waals surface area contributed by atoms with Crippen molar-refractivity contribution in [3.63, 3.8) is 0 Å². The first-order valence-electron chi connectivity index (χ1n) is 11.9. The number of aromatic nitrogens is 2. The molecule has 6 rings (SSSR count). The van der Waals surface area contributed by atoms with Gasteiger partial charge in [-0.25, -0.2) is 15.0 Å². The summed E-state index contributed by atoms with van der Waals surface area (Å²) in [4.78, 5) is 10.0. The van der Waals surface area contributed by atoms with Crippen molar-refractivity contribution in [2.24, 2.45) is 5.10 Å². The maximum Gasteiger partial charge on any atom is 0.247 e. The lowest BCUT2D eigenvalue weighted by Crippen LogP contribution is -2.21. The van der Waals surface area contributed by atoms with Crippen LogP contribution in [0.2, 0.25) is 5.02 Å². The molecule has 0 bridgehead atoms. The highest BCUT2D eigenvalue weighted by Gasteiger charge is 2.32. The highest BCUT2D eigenvalue weighted by Crippen LogP contribution is 2.38. The van der Waals surface area contributed by atoms with Crippen LogP contribution in [0.4, 0.5) is 5.95 Å². The Kier molecular flexibility index (Phi) is 6.37. The molecule has 0 saturated heterocycles. The SMILES string of the molecule is COc1ccc(C2=NN(c3nc(-c4ccc(Cl)cc4)c4ccccc4n3)C(c3cccc(Br)c3)C2)cc1. The fourth-order valence-corrected chi connectivity index (χ4v) is 5.16. The number of anilines is 1. The van der Waals surface area contributed by atoms with Gasteiger partial charge in [-0.1, -0.05) is 70.0 Å². The maximum atomic E-state index is 6.17. The van der Waals surface area contributed by atoms with E-state index in [1.165, 1.54) is 0 Å². The number of nitrogens with zero attached hydrogens (tertiary/aromatic N) is 4. The minimum absolute atomic E-state index is 0.0613. The third-order valence-corrected chi connectivity index (χ3v) is 7.23. The molecule has 2 heterocycles. The van der Waals surface area contributed by atoms with Crippen molar-refractivity contribution in [1.82, 2.24) is 9.97 Å². The van der Waals surface area contributed by atoms with Crippen LogP contribution in [-0.2, 0) is 0 Å². The Labute approximate surface area is 228 Å². The molecule has 5 nitrogen and oxygen atoms in total. The molecule has 0 N–H and O–H groups in total. The number of halogens is 2. The molecule has 1 atom stereocenters. The van der Waals surface area contributed by atoms with Crippen molar-refractivity contribution in [2.45, 2.75) is 12.5 Å². The summed E-state index contributed by atoms with van der Waals surface area (Å²) in [7, 11) is 1.67. The van der Waals surface area contributed by atoms with Crippen LogP contribution in [0, 0.1) is 0 Å². The van der Waals surface area contributed by atoms with Gasteiger partial charge in [0.1, 0.15) is 5.75 Å². The van der Waals surface area contributed by atoms with Crippen LogP contribution >= 0.6 is 27.5 Å². The maximum absolute atomic E-state index is 6.17. The highest BCUT2D eigenvalue weighted by molar-refractivity contribution is 9.10. The zero-order valence-corrected chi connectivity index (χ0v) is 22.3. The largest absolute Gasteiger partial charge is 0.497 e. The van der Waals surface area contributed by atoms with Gasteiger partial charge in [-0.15, -0.1) is 0 Å². The number of rotatable bonds is 5. The molecule has 1 aliphatic rings. The van der Waals surface area contributed by atoms with E-state index in [0.29, 0.717) is 11.0 Å². The lowest BCUT2D eigenvalue weighted by Gasteiger charge is -2.23. The number of benzene rings is 4. The minimum Gasteiger partial charge on any atom is -0.497 e. The fourth-order valence-electron chi connectivity index (χ4n) is 4.62. The summed E-state index contributed by atoms with van der Waals surface area (Å²) in [6.07, 6.45) is 0.718. The first-order chi connectivity index (χ1) is 18.1. The quantitative estimate of drug-likeness (QED) is 0.215. The van der Waals surface area contributed by atoms with E-state index in [9.17, 15) is 0 Å². The topological polar surface area (TPSA) is 50.6 Å². The van der Waals surface area contributed by atoms with E-state index in [0.717, 1.165) is 55.6 Å². The Bertz CT molecular complexity index is 1620. The number of ether oxygens (including phenoxy) is 1.